The molecule has 0 aliphatic carbocycles. The molecule has 2 nitrogen and oxygen atoms in total. The molecule has 0 radical (unpaired) electrons. The van der Waals surface area contributed by atoms with Gasteiger partial charge in [0.15, 0.2) is 0 Å². The van der Waals surface area contributed by atoms with Gasteiger partial charge in [0.25, 0.3) is 0 Å². The molecular formula is C11H13NOS. The van der Waals surface area contributed by atoms with E-state index in [1.165, 1.54) is 15.6 Å². The van der Waals surface area contributed by atoms with Crippen LogP contribution in [0.2, 0.25) is 0 Å². The third-order valence-electron chi connectivity index (χ3n) is 2.17. The average Bonchev–Trinajstić information content (AvgIpc) is 2.63. The van der Waals surface area contributed by atoms with Gasteiger partial charge < -0.3 is 10.4 Å². The van der Waals surface area contributed by atoms with Crippen molar-refractivity contribution in [2.24, 2.45) is 0 Å². The number of hydrogen-bond acceptors (Lipinski definition) is 3. The number of thiophene rings is 1. The van der Waals surface area contributed by atoms with Gasteiger partial charge in [-0.15, -0.1) is 11.3 Å². The van der Waals surface area contributed by atoms with Crippen molar-refractivity contribution in [2.75, 3.05) is 13.2 Å². The fourth-order valence-electron chi connectivity index (χ4n) is 1.47. The topological polar surface area (TPSA) is 32.3 Å². The van der Waals surface area contributed by atoms with Crippen molar-refractivity contribution in [2.45, 2.75) is 6.54 Å². The summed E-state index contributed by atoms with van der Waals surface area (Å²) in [6, 6.07) is 8.39. The van der Waals surface area contributed by atoms with E-state index in [9.17, 15) is 0 Å². The van der Waals surface area contributed by atoms with Crippen LogP contribution in [-0.4, -0.2) is 18.3 Å². The summed E-state index contributed by atoms with van der Waals surface area (Å²) in [6.07, 6.45) is 0. The van der Waals surface area contributed by atoms with Gasteiger partial charge in [-0.3, -0.25) is 0 Å². The predicted octanol–water partition coefficient (Wildman–Crippen LogP) is 1.98. The van der Waals surface area contributed by atoms with Crippen LogP contribution in [0.4, 0.5) is 0 Å². The molecule has 2 aromatic rings. The number of aliphatic hydroxyl groups is 1. The number of benzene rings is 1. The molecule has 3 heteroatoms. The molecule has 0 saturated heterocycles. The van der Waals surface area contributed by atoms with Crippen molar-refractivity contribution in [3.05, 3.63) is 35.2 Å². The first-order valence-corrected chi connectivity index (χ1v) is 5.56. The summed E-state index contributed by atoms with van der Waals surface area (Å²) < 4.78 is 1.33. The van der Waals surface area contributed by atoms with Gasteiger partial charge in [0.2, 0.25) is 0 Å². The minimum Gasteiger partial charge on any atom is -0.395 e. The first-order valence-electron chi connectivity index (χ1n) is 4.68. The van der Waals surface area contributed by atoms with Crippen molar-refractivity contribution < 1.29 is 5.11 Å². The van der Waals surface area contributed by atoms with Gasteiger partial charge in [0.1, 0.15) is 0 Å². The monoisotopic (exact) mass is 207 g/mol. The highest BCUT2D eigenvalue weighted by atomic mass is 32.1. The number of rotatable bonds is 4. The Kier molecular flexibility index (Phi) is 3.14. The molecule has 2 rings (SSSR count). The largest absolute Gasteiger partial charge is 0.395 e. The van der Waals surface area contributed by atoms with Crippen molar-refractivity contribution >= 4 is 21.4 Å². The van der Waals surface area contributed by atoms with Crippen LogP contribution in [0.25, 0.3) is 10.1 Å². The van der Waals surface area contributed by atoms with Gasteiger partial charge in [0.05, 0.1) is 6.61 Å². The number of aliphatic hydroxyl groups excluding tert-OH is 1. The SMILES string of the molecule is OCCNCc1csc2ccccc12. The van der Waals surface area contributed by atoms with Gasteiger partial charge in [-0.2, -0.15) is 0 Å². The van der Waals surface area contributed by atoms with Crippen LogP contribution >= 0.6 is 11.3 Å². The Bertz CT molecular complexity index is 410. The summed E-state index contributed by atoms with van der Waals surface area (Å²) in [4.78, 5) is 0. The zero-order chi connectivity index (χ0) is 9.80. The lowest BCUT2D eigenvalue weighted by Gasteiger charge is -2.00. The second-order valence-corrected chi connectivity index (χ2v) is 4.07. The van der Waals surface area contributed by atoms with E-state index in [-0.39, 0.29) is 6.61 Å². The zero-order valence-electron chi connectivity index (χ0n) is 7.86. The summed E-state index contributed by atoms with van der Waals surface area (Å²) in [6.45, 7) is 1.69. The van der Waals surface area contributed by atoms with E-state index in [0.29, 0.717) is 6.54 Å². The minimum absolute atomic E-state index is 0.196. The fraction of sp³-hybridized carbons (Fsp3) is 0.273. The summed E-state index contributed by atoms with van der Waals surface area (Å²) in [5.41, 5.74) is 1.32. The molecule has 1 aromatic carbocycles. The maximum absolute atomic E-state index is 8.65. The Morgan fingerprint density at radius 3 is 3.00 bits per heavy atom. The number of hydrogen-bond donors (Lipinski definition) is 2. The Morgan fingerprint density at radius 1 is 1.29 bits per heavy atom. The van der Waals surface area contributed by atoms with E-state index in [4.69, 9.17) is 5.11 Å². The van der Waals surface area contributed by atoms with Crippen molar-refractivity contribution in [3.8, 4) is 0 Å². The molecule has 14 heavy (non-hydrogen) atoms. The Balaban J connectivity index is 2.17. The molecule has 2 N–H and O–H groups in total. The Hall–Kier alpha value is -0.900. The third-order valence-corrected chi connectivity index (χ3v) is 3.18. The zero-order valence-corrected chi connectivity index (χ0v) is 8.68. The lowest BCUT2D eigenvalue weighted by Crippen LogP contribution is -2.17. The van der Waals surface area contributed by atoms with E-state index in [0.717, 1.165) is 6.54 Å². The van der Waals surface area contributed by atoms with Crippen LogP contribution < -0.4 is 5.32 Å². The molecule has 1 heterocycles. The normalized spacial score (nSPS) is 10.9. The van der Waals surface area contributed by atoms with E-state index in [1.54, 1.807) is 11.3 Å². The summed E-state index contributed by atoms with van der Waals surface area (Å²) in [7, 11) is 0. The molecule has 0 aliphatic rings. The van der Waals surface area contributed by atoms with Crippen LogP contribution in [0.1, 0.15) is 5.56 Å². The van der Waals surface area contributed by atoms with Crippen LogP contribution in [0.15, 0.2) is 29.6 Å². The molecule has 0 fully saturated rings. The lowest BCUT2D eigenvalue weighted by atomic mass is 10.2. The molecule has 0 saturated carbocycles. The lowest BCUT2D eigenvalue weighted by molar-refractivity contribution is 0.292. The highest BCUT2D eigenvalue weighted by molar-refractivity contribution is 7.17. The van der Waals surface area contributed by atoms with Crippen molar-refractivity contribution in [1.82, 2.24) is 5.32 Å². The highest BCUT2D eigenvalue weighted by Gasteiger charge is 2.01. The van der Waals surface area contributed by atoms with Crippen molar-refractivity contribution in [3.63, 3.8) is 0 Å². The number of nitrogens with one attached hydrogen (secondary N) is 1. The first kappa shape index (κ1) is 9.65. The second-order valence-electron chi connectivity index (χ2n) is 3.16. The fourth-order valence-corrected chi connectivity index (χ4v) is 2.43. The molecule has 0 amide bonds. The van der Waals surface area contributed by atoms with Gasteiger partial charge >= 0.3 is 0 Å². The smallest absolute Gasteiger partial charge is 0.0556 e. The van der Waals surface area contributed by atoms with Crippen LogP contribution in [-0.2, 0) is 6.54 Å². The average molecular weight is 207 g/mol. The van der Waals surface area contributed by atoms with Gasteiger partial charge in [-0.25, -0.2) is 0 Å². The molecule has 0 bridgehead atoms. The predicted molar refractivity (Wildman–Crippen MR) is 60.6 cm³/mol. The van der Waals surface area contributed by atoms with E-state index in [1.807, 2.05) is 0 Å². The number of fused-ring (bicyclic) bond motifs is 1. The summed E-state index contributed by atoms with van der Waals surface area (Å²) >= 11 is 1.77. The van der Waals surface area contributed by atoms with Gasteiger partial charge in [-0.1, -0.05) is 18.2 Å². The molecule has 0 unspecified atom stereocenters. The molecule has 1 aromatic heterocycles. The van der Waals surface area contributed by atoms with E-state index < -0.39 is 0 Å². The maximum Gasteiger partial charge on any atom is 0.0556 e. The van der Waals surface area contributed by atoms with Gasteiger partial charge in [0, 0.05) is 17.8 Å². The van der Waals surface area contributed by atoms with Crippen molar-refractivity contribution in [1.29, 1.82) is 0 Å². The van der Waals surface area contributed by atoms with Crippen LogP contribution in [0.5, 0.6) is 0 Å². The molecule has 0 aliphatic heterocycles. The third kappa shape index (κ3) is 1.95. The minimum atomic E-state index is 0.196. The van der Waals surface area contributed by atoms with Crippen LogP contribution in [0, 0.1) is 0 Å². The quantitative estimate of drug-likeness (QED) is 0.751. The Morgan fingerprint density at radius 2 is 2.14 bits per heavy atom. The molecule has 0 atom stereocenters. The first-order chi connectivity index (χ1) is 6.92. The second kappa shape index (κ2) is 4.55. The molecular weight excluding hydrogens is 194 g/mol. The standard InChI is InChI=1S/C11H13NOS/c13-6-5-12-7-9-8-14-11-4-2-1-3-10(9)11/h1-4,8,12-13H,5-7H2. The summed E-state index contributed by atoms with van der Waals surface area (Å²) in [5.74, 6) is 0. The van der Waals surface area contributed by atoms with Crippen LogP contribution in [0.3, 0.4) is 0 Å². The van der Waals surface area contributed by atoms with E-state index >= 15 is 0 Å². The van der Waals surface area contributed by atoms with Gasteiger partial charge in [-0.05, 0) is 22.4 Å². The molecule has 0 spiro atoms. The maximum atomic E-state index is 8.65. The Labute approximate surface area is 87.2 Å². The van der Waals surface area contributed by atoms with E-state index in [2.05, 4.69) is 35.0 Å². The molecule has 74 valence electrons. The summed E-state index contributed by atoms with van der Waals surface area (Å²) in [5, 5.41) is 15.3. The highest BCUT2D eigenvalue weighted by Crippen LogP contribution is 2.25.